The lowest BCUT2D eigenvalue weighted by Gasteiger charge is -2.14. The average molecular weight is 356 g/mol. The van der Waals surface area contributed by atoms with Gasteiger partial charge in [-0.05, 0) is 45.2 Å². The van der Waals surface area contributed by atoms with E-state index in [1.807, 2.05) is 62.7 Å². The van der Waals surface area contributed by atoms with E-state index < -0.39 is 0 Å². The molecule has 26 heavy (non-hydrogen) atoms. The second-order valence-electron chi connectivity index (χ2n) is 6.51. The SMILES string of the molecule is CCOC(=O)c1c(C)c(CCC(=O)N[C@@H](C)c2ccccc2)n(C)c1C. The highest BCUT2D eigenvalue weighted by Crippen LogP contribution is 2.23. The van der Waals surface area contributed by atoms with Gasteiger partial charge in [-0.2, -0.15) is 0 Å². The van der Waals surface area contributed by atoms with Crippen molar-refractivity contribution in [3.05, 3.63) is 58.4 Å². The summed E-state index contributed by atoms with van der Waals surface area (Å²) in [4.78, 5) is 24.5. The monoisotopic (exact) mass is 356 g/mol. The van der Waals surface area contributed by atoms with Gasteiger partial charge in [0.2, 0.25) is 5.91 Å². The lowest BCUT2D eigenvalue weighted by atomic mass is 10.1. The van der Waals surface area contributed by atoms with Gasteiger partial charge in [0, 0.05) is 24.9 Å². The first-order valence-corrected chi connectivity index (χ1v) is 9.03. The summed E-state index contributed by atoms with van der Waals surface area (Å²) in [6, 6.07) is 9.85. The van der Waals surface area contributed by atoms with Crippen LogP contribution in [0.25, 0.3) is 0 Å². The molecule has 5 heteroatoms. The van der Waals surface area contributed by atoms with Gasteiger partial charge in [-0.15, -0.1) is 0 Å². The quantitative estimate of drug-likeness (QED) is 0.771. The molecule has 2 rings (SSSR count). The Kier molecular flexibility index (Phi) is 6.61. The van der Waals surface area contributed by atoms with E-state index in [1.54, 1.807) is 6.92 Å². The van der Waals surface area contributed by atoms with Gasteiger partial charge in [0.15, 0.2) is 0 Å². The van der Waals surface area contributed by atoms with Crippen LogP contribution in [0.1, 0.15) is 59.2 Å². The topological polar surface area (TPSA) is 60.3 Å². The highest BCUT2D eigenvalue weighted by Gasteiger charge is 2.22. The largest absolute Gasteiger partial charge is 0.462 e. The number of rotatable bonds is 7. The van der Waals surface area contributed by atoms with Gasteiger partial charge < -0.3 is 14.6 Å². The molecular weight excluding hydrogens is 328 g/mol. The van der Waals surface area contributed by atoms with Gasteiger partial charge in [0.1, 0.15) is 0 Å². The minimum Gasteiger partial charge on any atom is -0.462 e. The minimum atomic E-state index is -0.300. The highest BCUT2D eigenvalue weighted by atomic mass is 16.5. The lowest BCUT2D eigenvalue weighted by Crippen LogP contribution is -2.27. The van der Waals surface area contributed by atoms with Crippen LogP contribution < -0.4 is 5.32 Å². The van der Waals surface area contributed by atoms with Gasteiger partial charge in [-0.25, -0.2) is 4.79 Å². The molecule has 1 atom stereocenters. The van der Waals surface area contributed by atoms with Crippen molar-refractivity contribution in [3.8, 4) is 0 Å². The number of amides is 1. The van der Waals surface area contributed by atoms with E-state index in [0.29, 0.717) is 25.0 Å². The Morgan fingerprint density at radius 1 is 1.19 bits per heavy atom. The summed E-state index contributed by atoms with van der Waals surface area (Å²) in [6.45, 7) is 7.94. The van der Waals surface area contributed by atoms with Gasteiger partial charge in [0.05, 0.1) is 18.2 Å². The molecule has 0 spiro atoms. The maximum atomic E-state index is 12.3. The number of hydrogen-bond donors (Lipinski definition) is 1. The third-order valence-corrected chi connectivity index (χ3v) is 4.82. The second-order valence-corrected chi connectivity index (χ2v) is 6.51. The van der Waals surface area contributed by atoms with Gasteiger partial charge >= 0.3 is 5.97 Å². The van der Waals surface area contributed by atoms with E-state index in [-0.39, 0.29) is 17.9 Å². The van der Waals surface area contributed by atoms with Crippen molar-refractivity contribution in [2.45, 2.75) is 46.6 Å². The highest BCUT2D eigenvalue weighted by molar-refractivity contribution is 5.93. The molecule has 0 aliphatic carbocycles. The smallest absolute Gasteiger partial charge is 0.340 e. The molecule has 2 aromatic rings. The van der Waals surface area contributed by atoms with Gasteiger partial charge in [-0.1, -0.05) is 30.3 Å². The summed E-state index contributed by atoms with van der Waals surface area (Å²) < 4.78 is 7.14. The molecule has 140 valence electrons. The lowest BCUT2D eigenvalue weighted by molar-refractivity contribution is -0.121. The fraction of sp³-hybridized carbons (Fsp3) is 0.429. The molecule has 0 bridgehead atoms. The van der Waals surface area contributed by atoms with Crippen LogP contribution in [-0.2, 0) is 23.0 Å². The third-order valence-electron chi connectivity index (χ3n) is 4.82. The normalized spacial score (nSPS) is 11.9. The van der Waals surface area contributed by atoms with Crippen molar-refractivity contribution in [2.75, 3.05) is 6.61 Å². The summed E-state index contributed by atoms with van der Waals surface area (Å²) in [5, 5.41) is 3.03. The third kappa shape index (κ3) is 4.34. The Morgan fingerprint density at radius 2 is 1.85 bits per heavy atom. The number of carbonyl (C=O) groups is 2. The summed E-state index contributed by atoms with van der Waals surface area (Å²) >= 11 is 0. The van der Waals surface area contributed by atoms with Crippen LogP contribution in [0.4, 0.5) is 0 Å². The van der Waals surface area contributed by atoms with Crippen LogP contribution in [0.15, 0.2) is 30.3 Å². The van der Waals surface area contributed by atoms with E-state index >= 15 is 0 Å². The number of aromatic nitrogens is 1. The van der Waals surface area contributed by atoms with E-state index in [0.717, 1.165) is 22.5 Å². The van der Waals surface area contributed by atoms with E-state index in [9.17, 15) is 9.59 Å². The first kappa shape index (κ1) is 19.8. The summed E-state index contributed by atoms with van der Waals surface area (Å²) in [6.07, 6.45) is 0.952. The van der Waals surface area contributed by atoms with Crippen LogP contribution in [0, 0.1) is 13.8 Å². The zero-order valence-electron chi connectivity index (χ0n) is 16.3. The van der Waals surface area contributed by atoms with E-state index in [4.69, 9.17) is 4.74 Å². The minimum absolute atomic E-state index is 0.00251. The maximum absolute atomic E-state index is 12.3. The van der Waals surface area contributed by atoms with Crippen LogP contribution in [0.3, 0.4) is 0 Å². The predicted octanol–water partition coefficient (Wildman–Crippen LogP) is 3.63. The van der Waals surface area contributed by atoms with Crippen LogP contribution in [-0.4, -0.2) is 23.1 Å². The molecule has 0 aliphatic heterocycles. The molecular formula is C21H28N2O3. The predicted molar refractivity (Wildman–Crippen MR) is 102 cm³/mol. The number of carbonyl (C=O) groups excluding carboxylic acids is 2. The van der Waals surface area contributed by atoms with Crippen LogP contribution >= 0.6 is 0 Å². The Morgan fingerprint density at radius 3 is 2.46 bits per heavy atom. The Bertz CT molecular complexity index is 778. The molecule has 0 aliphatic rings. The molecule has 5 nitrogen and oxygen atoms in total. The van der Waals surface area contributed by atoms with Crippen LogP contribution in [0.2, 0.25) is 0 Å². The molecule has 0 saturated carbocycles. The zero-order chi connectivity index (χ0) is 19.3. The molecule has 0 unspecified atom stereocenters. The van der Waals surface area contributed by atoms with Gasteiger partial charge in [0.25, 0.3) is 0 Å². The fourth-order valence-corrected chi connectivity index (χ4v) is 3.27. The van der Waals surface area contributed by atoms with Crippen molar-refractivity contribution < 1.29 is 14.3 Å². The molecule has 1 N–H and O–H groups in total. The molecule has 1 amide bonds. The Hall–Kier alpha value is -2.56. The van der Waals surface area contributed by atoms with E-state index in [1.165, 1.54) is 0 Å². The summed E-state index contributed by atoms with van der Waals surface area (Å²) in [5.41, 5.74) is 4.45. The maximum Gasteiger partial charge on any atom is 0.340 e. The van der Waals surface area contributed by atoms with Crippen molar-refractivity contribution in [3.63, 3.8) is 0 Å². The Balaban J connectivity index is 2.04. The van der Waals surface area contributed by atoms with Crippen molar-refractivity contribution in [1.82, 2.24) is 9.88 Å². The fourth-order valence-electron chi connectivity index (χ4n) is 3.27. The standard InChI is InChI=1S/C21H28N2O3/c1-6-26-21(25)20-14(2)18(23(5)16(20)4)12-13-19(24)22-15(3)17-10-8-7-9-11-17/h7-11,15H,6,12-13H2,1-5H3,(H,22,24)/t15-/m0/s1. The number of nitrogens with zero attached hydrogens (tertiary/aromatic N) is 1. The molecule has 0 fully saturated rings. The molecule has 1 aromatic carbocycles. The summed E-state index contributed by atoms with van der Waals surface area (Å²) in [7, 11) is 1.92. The number of ether oxygens (including phenoxy) is 1. The molecule has 1 heterocycles. The van der Waals surface area contributed by atoms with Crippen LogP contribution in [0.5, 0.6) is 0 Å². The Labute approximate surface area is 155 Å². The van der Waals surface area contributed by atoms with Gasteiger partial charge in [-0.3, -0.25) is 4.79 Å². The average Bonchev–Trinajstić information content (AvgIpc) is 2.83. The number of benzene rings is 1. The van der Waals surface area contributed by atoms with E-state index in [2.05, 4.69) is 5.32 Å². The molecule has 1 aromatic heterocycles. The molecule has 0 radical (unpaired) electrons. The van der Waals surface area contributed by atoms with Crippen molar-refractivity contribution >= 4 is 11.9 Å². The number of hydrogen-bond acceptors (Lipinski definition) is 3. The first-order valence-electron chi connectivity index (χ1n) is 9.03. The molecule has 0 saturated heterocycles. The number of nitrogens with one attached hydrogen (secondary N) is 1. The second kappa shape index (κ2) is 8.70. The van der Waals surface area contributed by atoms with Crippen molar-refractivity contribution in [1.29, 1.82) is 0 Å². The summed E-state index contributed by atoms with van der Waals surface area (Å²) in [5.74, 6) is -0.302. The number of esters is 1. The van der Waals surface area contributed by atoms with Crippen molar-refractivity contribution in [2.24, 2.45) is 7.05 Å². The zero-order valence-corrected chi connectivity index (χ0v) is 16.3. The first-order chi connectivity index (χ1) is 12.4.